The van der Waals surface area contributed by atoms with Crippen molar-refractivity contribution in [2.75, 3.05) is 7.05 Å². The molecular weight excluding hydrogens is 241 g/mol. The van der Waals surface area contributed by atoms with Crippen LogP contribution in [0, 0.1) is 0 Å². The van der Waals surface area contributed by atoms with Gasteiger partial charge in [-0.05, 0) is 18.1 Å². The predicted octanol–water partition coefficient (Wildman–Crippen LogP) is -0.268. The summed E-state index contributed by atoms with van der Waals surface area (Å²) < 4.78 is 1.99. The molecule has 0 unspecified atom stereocenters. The van der Waals surface area contributed by atoms with Crippen LogP contribution in [0.3, 0.4) is 0 Å². The molecule has 100 valence electrons. The number of aromatic nitrogens is 2. The van der Waals surface area contributed by atoms with E-state index in [4.69, 9.17) is 10.0 Å². The van der Waals surface area contributed by atoms with Crippen LogP contribution in [-0.4, -0.2) is 38.7 Å². The van der Waals surface area contributed by atoms with E-state index < -0.39 is 7.12 Å². The molecular formula is C13H18BN3O2. The van der Waals surface area contributed by atoms with Gasteiger partial charge in [0.05, 0.1) is 6.54 Å². The minimum Gasteiger partial charge on any atom is -0.423 e. The molecule has 5 nitrogen and oxygen atoms in total. The summed E-state index contributed by atoms with van der Waals surface area (Å²) in [6.07, 6.45) is 3.71. The fraction of sp³-hybridized carbons (Fsp3) is 0.308. The largest absolute Gasteiger partial charge is 0.488 e. The standard InChI is InChI=1S/C13H18BN3O2/c1-16(10-13-15-6-7-17(13)2)9-11-4-3-5-12(8-11)14(18)19/h3-8,18-19H,9-10H2,1-2H3. The Morgan fingerprint density at radius 3 is 2.74 bits per heavy atom. The highest BCUT2D eigenvalue weighted by Crippen LogP contribution is 2.05. The number of nitrogens with zero attached hydrogens (tertiary/aromatic N) is 3. The van der Waals surface area contributed by atoms with Crippen LogP contribution in [0.25, 0.3) is 0 Å². The van der Waals surface area contributed by atoms with E-state index in [2.05, 4.69) is 9.88 Å². The quantitative estimate of drug-likeness (QED) is 0.726. The summed E-state index contributed by atoms with van der Waals surface area (Å²) >= 11 is 0. The van der Waals surface area contributed by atoms with Crippen molar-refractivity contribution in [2.24, 2.45) is 7.05 Å². The number of imidazole rings is 1. The van der Waals surface area contributed by atoms with Gasteiger partial charge in [0.25, 0.3) is 0 Å². The second-order valence-electron chi connectivity index (χ2n) is 4.75. The third-order valence-electron chi connectivity index (χ3n) is 3.03. The van der Waals surface area contributed by atoms with Gasteiger partial charge in [0.15, 0.2) is 0 Å². The van der Waals surface area contributed by atoms with Crippen molar-refractivity contribution in [1.82, 2.24) is 14.5 Å². The van der Waals surface area contributed by atoms with Gasteiger partial charge in [-0.15, -0.1) is 0 Å². The van der Waals surface area contributed by atoms with E-state index in [1.54, 1.807) is 18.3 Å². The normalized spacial score (nSPS) is 11.0. The molecule has 6 heteroatoms. The Balaban J connectivity index is 2.01. The van der Waals surface area contributed by atoms with Gasteiger partial charge in [0.1, 0.15) is 5.82 Å². The van der Waals surface area contributed by atoms with Crippen LogP contribution in [0.1, 0.15) is 11.4 Å². The zero-order valence-corrected chi connectivity index (χ0v) is 11.2. The molecule has 2 N–H and O–H groups in total. The summed E-state index contributed by atoms with van der Waals surface area (Å²) in [5.74, 6) is 1.00. The third-order valence-corrected chi connectivity index (χ3v) is 3.03. The van der Waals surface area contributed by atoms with E-state index in [0.29, 0.717) is 5.46 Å². The molecule has 0 atom stereocenters. The van der Waals surface area contributed by atoms with Gasteiger partial charge in [0, 0.05) is 26.0 Å². The van der Waals surface area contributed by atoms with Gasteiger partial charge in [-0.3, -0.25) is 4.90 Å². The first-order valence-electron chi connectivity index (χ1n) is 6.16. The molecule has 0 aliphatic rings. The lowest BCUT2D eigenvalue weighted by Crippen LogP contribution is -2.30. The number of benzene rings is 1. The van der Waals surface area contributed by atoms with Crippen LogP contribution in [0.5, 0.6) is 0 Å². The van der Waals surface area contributed by atoms with Gasteiger partial charge in [-0.2, -0.15) is 0 Å². The molecule has 1 aromatic carbocycles. The Morgan fingerprint density at radius 2 is 2.11 bits per heavy atom. The lowest BCUT2D eigenvalue weighted by Gasteiger charge is -2.17. The van der Waals surface area contributed by atoms with Gasteiger partial charge in [-0.25, -0.2) is 4.98 Å². The minimum absolute atomic E-state index is 0.517. The maximum atomic E-state index is 9.15. The zero-order chi connectivity index (χ0) is 13.8. The highest BCUT2D eigenvalue weighted by atomic mass is 16.4. The molecule has 0 saturated heterocycles. The summed E-state index contributed by atoms with van der Waals surface area (Å²) in [6, 6.07) is 7.31. The fourth-order valence-corrected chi connectivity index (χ4v) is 2.01. The molecule has 1 aromatic heterocycles. The Kier molecular flexibility index (Phi) is 4.37. The van der Waals surface area contributed by atoms with Crippen molar-refractivity contribution in [1.29, 1.82) is 0 Å². The first kappa shape index (κ1) is 13.8. The monoisotopic (exact) mass is 259 g/mol. The number of hydrogen-bond donors (Lipinski definition) is 2. The third kappa shape index (κ3) is 3.67. The first-order chi connectivity index (χ1) is 9.06. The minimum atomic E-state index is -1.42. The lowest BCUT2D eigenvalue weighted by molar-refractivity contribution is 0.307. The molecule has 2 rings (SSSR count). The molecule has 0 spiro atoms. The van der Waals surface area contributed by atoms with Crippen LogP contribution in [0.2, 0.25) is 0 Å². The van der Waals surface area contributed by atoms with E-state index >= 15 is 0 Å². The summed E-state index contributed by atoms with van der Waals surface area (Å²) in [5, 5.41) is 18.3. The van der Waals surface area contributed by atoms with Crippen LogP contribution in [0.15, 0.2) is 36.7 Å². The Hall–Kier alpha value is -1.63. The summed E-state index contributed by atoms with van der Waals surface area (Å²) in [7, 11) is 2.56. The average molecular weight is 259 g/mol. The predicted molar refractivity (Wildman–Crippen MR) is 74.6 cm³/mol. The summed E-state index contributed by atoms with van der Waals surface area (Å²) in [5.41, 5.74) is 1.56. The highest BCUT2D eigenvalue weighted by Gasteiger charge is 2.11. The molecule has 19 heavy (non-hydrogen) atoms. The van der Waals surface area contributed by atoms with Crippen molar-refractivity contribution in [3.05, 3.63) is 48.0 Å². The summed E-state index contributed by atoms with van der Waals surface area (Å²) in [4.78, 5) is 6.41. The van der Waals surface area contributed by atoms with Gasteiger partial charge >= 0.3 is 7.12 Å². The van der Waals surface area contributed by atoms with E-state index in [1.165, 1.54) is 0 Å². The van der Waals surface area contributed by atoms with Gasteiger partial charge in [0.2, 0.25) is 0 Å². The topological polar surface area (TPSA) is 61.5 Å². The zero-order valence-electron chi connectivity index (χ0n) is 11.2. The van der Waals surface area contributed by atoms with Crippen LogP contribution in [0.4, 0.5) is 0 Å². The lowest BCUT2D eigenvalue weighted by atomic mass is 9.79. The van der Waals surface area contributed by atoms with E-state index in [0.717, 1.165) is 24.5 Å². The fourth-order valence-electron chi connectivity index (χ4n) is 2.01. The number of aryl methyl sites for hydroxylation is 1. The van der Waals surface area contributed by atoms with Crippen LogP contribution >= 0.6 is 0 Å². The molecule has 2 aromatic rings. The number of rotatable bonds is 5. The number of hydrogen-bond acceptors (Lipinski definition) is 4. The molecule has 0 radical (unpaired) electrons. The van der Waals surface area contributed by atoms with Crippen molar-refractivity contribution < 1.29 is 10.0 Å². The van der Waals surface area contributed by atoms with Crippen LogP contribution in [-0.2, 0) is 20.1 Å². The summed E-state index contributed by atoms with van der Waals surface area (Å²) in [6.45, 7) is 1.48. The van der Waals surface area contributed by atoms with Crippen LogP contribution < -0.4 is 5.46 Å². The SMILES string of the molecule is CN(Cc1cccc(B(O)O)c1)Cc1nccn1C. The molecule has 0 amide bonds. The van der Waals surface area contributed by atoms with Crippen molar-refractivity contribution >= 4 is 12.6 Å². The van der Waals surface area contributed by atoms with Crippen molar-refractivity contribution in [2.45, 2.75) is 13.1 Å². The Morgan fingerprint density at radius 1 is 1.32 bits per heavy atom. The van der Waals surface area contributed by atoms with Gasteiger partial charge in [-0.1, -0.05) is 24.3 Å². The van der Waals surface area contributed by atoms with E-state index in [9.17, 15) is 0 Å². The maximum absolute atomic E-state index is 9.15. The first-order valence-corrected chi connectivity index (χ1v) is 6.16. The molecule has 1 heterocycles. The molecule has 0 bridgehead atoms. The maximum Gasteiger partial charge on any atom is 0.488 e. The smallest absolute Gasteiger partial charge is 0.423 e. The second kappa shape index (κ2) is 6.01. The molecule has 0 fully saturated rings. The molecule has 0 aliphatic heterocycles. The molecule has 0 aliphatic carbocycles. The average Bonchev–Trinajstić information content (AvgIpc) is 2.75. The van der Waals surface area contributed by atoms with Crippen molar-refractivity contribution in [3.8, 4) is 0 Å². The second-order valence-corrected chi connectivity index (χ2v) is 4.75. The van der Waals surface area contributed by atoms with Crippen molar-refractivity contribution in [3.63, 3.8) is 0 Å². The van der Waals surface area contributed by atoms with E-state index in [1.807, 2.05) is 37.0 Å². The Bertz CT molecular complexity index is 542. The Labute approximate surface area is 113 Å². The van der Waals surface area contributed by atoms with E-state index in [-0.39, 0.29) is 0 Å². The molecule has 0 saturated carbocycles. The highest BCUT2D eigenvalue weighted by molar-refractivity contribution is 6.58. The van der Waals surface area contributed by atoms with Gasteiger partial charge < -0.3 is 14.6 Å².